The highest BCUT2D eigenvalue weighted by Gasteiger charge is 2.25. The van der Waals surface area contributed by atoms with Gasteiger partial charge in [-0.2, -0.15) is 0 Å². The zero-order chi connectivity index (χ0) is 20.5. The van der Waals surface area contributed by atoms with Gasteiger partial charge in [0.25, 0.3) is 5.69 Å². The van der Waals surface area contributed by atoms with Gasteiger partial charge in [-0.05, 0) is 17.7 Å². The third-order valence-corrected chi connectivity index (χ3v) is 4.90. The predicted octanol–water partition coefficient (Wildman–Crippen LogP) is 3.58. The standard InChI is InChI=1S/C19H14ClN5O4/c20-15-4-2-1-3-13(15)12-6-8-17-22-23-18(10-21-19(26)27)24(17)16-7-5-11(25(28)29)9-14(12)16/h1-7,9,21H,8,10H2,(H,26,27). The number of rotatable bonds is 4. The molecule has 2 N–H and O–H groups in total. The molecule has 1 aromatic heterocycles. The van der Waals surface area contributed by atoms with Gasteiger partial charge in [-0.25, -0.2) is 4.79 Å². The number of halogens is 1. The number of hydrogen-bond acceptors (Lipinski definition) is 5. The van der Waals surface area contributed by atoms with Crippen LogP contribution in [0.25, 0.3) is 11.3 Å². The highest BCUT2D eigenvalue weighted by molar-refractivity contribution is 6.32. The van der Waals surface area contributed by atoms with E-state index in [4.69, 9.17) is 16.7 Å². The summed E-state index contributed by atoms with van der Waals surface area (Å²) < 4.78 is 1.72. The molecule has 0 radical (unpaired) electrons. The molecule has 146 valence electrons. The average Bonchev–Trinajstić information content (AvgIpc) is 3.02. The summed E-state index contributed by atoms with van der Waals surface area (Å²) in [6, 6.07) is 11.7. The Labute approximate surface area is 169 Å². The SMILES string of the molecule is O=C(O)NCc1nnc2n1-c1ccc([N+](=O)[O-])cc1C(c1ccccc1Cl)=CC2. The van der Waals surface area contributed by atoms with Gasteiger partial charge in [-0.15, -0.1) is 10.2 Å². The van der Waals surface area contributed by atoms with E-state index in [9.17, 15) is 14.9 Å². The molecule has 10 heteroatoms. The van der Waals surface area contributed by atoms with E-state index in [0.717, 1.165) is 11.1 Å². The van der Waals surface area contributed by atoms with Gasteiger partial charge >= 0.3 is 6.09 Å². The Bertz CT molecular complexity index is 1170. The van der Waals surface area contributed by atoms with Gasteiger partial charge in [0.1, 0.15) is 5.82 Å². The van der Waals surface area contributed by atoms with Crippen molar-refractivity contribution in [1.29, 1.82) is 0 Å². The van der Waals surface area contributed by atoms with Crippen LogP contribution in [0.15, 0.2) is 48.5 Å². The second kappa shape index (κ2) is 7.36. The van der Waals surface area contributed by atoms with E-state index >= 15 is 0 Å². The minimum Gasteiger partial charge on any atom is -0.465 e. The van der Waals surface area contributed by atoms with Crippen LogP contribution >= 0.6 is 11.6 Å². The minimum atomic E-state index is -1.19. The summed E-state index contributed by atoms with van der Waals surface area (Å²) in [6.45, 7) is -0.0554. The zero-order valence-electron chi connectivity index (χ0n) is 14.9. The van der Waals surface area contributed by atoms with Crippen LogP contribution in [0.4, 0.5) is 10.5 Å². The van der Waals surface area contributed by atoms with Crippen LogP contribution in [0.5, 0.6) is 0 Å². The van der Waals surface area contributed by atoms with E-state index in [0.29, 0.717) is 34.3 Å². The van der Waals surface area contributed by atoms with Crippen LogP contribution in [0.2, 0.25) is 5.02 Å². The van der Waals surface area contributed by atoms with Crippen molar-refractivity contribution in [1.82, 2.24) is 20.1 Å². The Hall–Kier alpha value is -3.72. The number of nitro groups is 1. The molecule has 0 bridgehead atoms. The second-order valence-electron chi connectivity index (χ2n) is 6.29. The molecule has 1 aliphatic rings. The summed E-state index contributed by atoms with van der Waals surface area (Å²) in [5.74, 6) is 0.968. The van der Waals surface area contributed by atoms with E-state index < -0.39 is 11.0 Å². The molecule has 0 saturated carbocycles. The summed E-state index contributed by atoms with van der Waals surface area (Å²) in [6.07, 6.45) is 1.10. The lowest BCUT2D eigenvalue weighted by molar-refractivity contribution is -0.384. The lowest BCUT2D eigenvalue weighted by Gasteiger charge is -2.15. The largest absolute Gasteiger partial charge is 0.465 e. The fourth-order valence-electron chi connectivity index (χ4n) is 3.32. The van der Waals surface area contributed by atoms with E-state index in [1.807, 2.05) is 24.3 Å². The normalized spacial score (nSPS) is 12.4. The Morgan fingerprint density at radius 3 is 2.76 bits per heavy atom. The quantitative estimate of drug-likeness (QED) is 0.499. The van der Waals surface area contributed by atoms with Crippen LogP contribution in [0.3, 0.4) is 0 Å². The van der Waals surface area contributed by atoms with Crippen LogP contribution in [-0.4, -0.2) is 30.9 Å². The minimum absolute atomic E-state index is 0.0554. The molecule has 0 aliphatic carbocycles. The first-order valence-corrected chi connectivity index (χ1v) is 8.97. The molecule has 4 rings (SSSR count). The molecular formula is C19H14ClN5O4. The maximum Gasteiger partial charge on any atom is 0.405 e. The maximum absolute atomic E-state index is 11.4. The van der Waals surface area contributed by atoms with Gasteiger partial charge in [0.05, 0.1) is 17.2 Å². The smallest absolute Gasteiger partial charge is 0.405 e. The van der Waals surface area contributed by atoms with Gasteiger partial charge in [0.15, 0.2) is 5.82 Å². The first-order valence-electron chi connectivity index (χ1n) is 8.60. The van der Waals surface area contributed by atoms with Gasteiger partial charge in [0.2, 0.25) is 0 Å². The lowest BCUT2D eigenvalue weighted by Crippen LogP contribution is -2.22. The van der Waals surface area contributed by atoms with Crippen molar-refractivity contribution in [2.75, 3.05) is 0 Å². The maximum atomic E-state index is 11.4. The number of hydrogen-bond donors (Lipinski definition) is 2. The number of non-ortho nitro benzene ring substituents is 1. The number of amides is 1. The molecule has 29 heavy (non-hydrogen) atoms. The third-order valence-electron chi connectivity index (χ3n) is 4.57. The van der Waals surface area contributed by atoms with Gasteiger partial charge in [-0.3, -0.25) is 14.7 Å². The number of fused-ring (bicyclic) bond motifs is 3. The molecular weight excluding hydrogens is 398 g/mol. The zero-order valence-corrected chi connectivity index (χ0v) is 15.6. The summed E-state index contributed by atoms with van der Waals surface area (Å²) in [4.78, 5) is 21.8. The number of nitrogens with zero attached hydrogens (tertiary/aromatic N) is 4. The van der Waals surface area contributed by atoms with Crippen molar-refractivity contribution in [2.45, 2.75) is 13.0 Å². The van der Waals surface area contributed by atoms with Gasteiger partial charge in [0, 0.05) is 34.7 Å². The number of benzene rings is 2. The number of carbonyl (C=O) groups is 1. The molecule has 0 spiro atoms. The Kier molecular flexibility index (Phi) is 4.73. The van der Waals surface area contributed by atoms with E-state index in [1.165, 1.54) is 12.1 Å². The molecule has 0 unspecified atom stereocenters. The molecule has 2 heterocycles. The lowest BCUT2D eigenvalue weighted by atomic mass is 9.95. The van der Waals surface area contributed by atoms with E-state index in [-0.39, 0.29) is 12.2 Å². The summed E-state index contributed by atoms with van der Waals surface area (Å²) in [5, 5.41) is 31.3. The first kappa shape index (κ1) is 18.6. The highest BCUT2D eigenvalue weighted by Crippen LogP contribution is 2.37. The summed E-state index contributed by atoms with van der Waals surface area (Å²) >= 11 is 6.40. The molecule has 9 nitrogen and oxygen atoms in total. The monoisotopic (exact) mass is 411 g/mol. The first-order chi connectivity index (χ1) is 14.0. The summed E-state index contributed by atoms with van der Waals surface area (Å²) in [5.41, 5.74) is 2.60. The molecule has 2 aromatic carbocycles. The van der Waals surface area contributed by atoms with Crippen molar-refractivity contribution in [3.05, 3.63) is 86.5 Å². The fourth-order valence-corrected chi connectivity index (χ4v) is 3.56. The van der Waals surface area contributed by atoms with E-state index in [1.54, 1.807) is 16.7 Å². The Balaban J connectivity index is 1.93. The molecule has 1 aliphatic heterocycles. The third kappa shape index (κ3) is 3.43. The average molecular weight is 412 g/mol. The van der Waals surface area contributed by atoms with Crippen LogP contribution < -0.4 is 5.32 Å². The number of nitrogens with one attached hydrogen (secondary N) is 1. The molecule has 3 aromatic rings. The molecule has 1 amide bonds. The van der Waals surface area contributed by atoms with Crippen molar-refractivity contribution in [3.8, 4) is 5.69 Å². The predicted molar refractivity (Wildman–Crippen MR) is 105 cm³/mol. The molecule has 0 fully saturated rings. The molecule has 0 atom stereocenters. The van der Waals surface area contributed by atoms with Crippen LogP contribution in [0.1, 0.15) is 22.8 Å². The van der Waals surface area contributed by atoms with Crippen molar-refractivity contribution >= 4 is 29.0 Å². The van der Waals surface area contributed by atoms with Gasteiger partial charge in [-0.1, -0.05) is 35.9 Å². The molecule has 0 saturated heterocycles. The highest BCUT2D eigenvalue weighted by atomic mass is 35.5. The number of allylic oxidation sites excluding steroid dienone is 1. The van der Waals surface area contributed by atoms with Gasteiger partial charge < -0.3 is 10.4 Å². The van der Waals surface area contributed by atoms with Crippen molar-refractivity contribution in [2.24, 2.45) is 0 Å². The fraction of sp³-hybridized carbons (Fsp3) is 0.105. The second-order valence-corrected chi connectivity index (χ2v) is 6.69. The number of nitro benzene ring substituents is 1. The van der Waals surface area contributed by atoms with Crippen molar-refractivity contribution in [3.63, 3.8) is 0 Å². The van der Waals surface area contributed by atoms with Crippen LogP contribution in [0, 0.1) is 10.1 Å². The Morgan fingerprint density at radius 2 is 2.03 bits per heavy atom. The van der Waals surface area contributed by atoms with E-state index in [2.05, 4.69) is 15.5 Å². The number of aromatic nitrogens is 3. The topological polar surface area (TPSA) is 123 Å². The summed E-state index contributed by atoms with van der Waals surface area (Å²) in [7, 11) is 0. The van der Waals surface area contributed by atoms with Crippen molar-refractivity contribution < 1.29 is 14.8 Å². The number of carboxylic acid groups (broad SMARTS) is 1. The Morgan fingerprint density at radius 1 is 1.24 bits per heavy atom. The van der Waals surface area contributed by atoms with Crippen LogP contribution in [-0.2, 0) is 13.0 Å².